The molecular formula is C16H13BrNO3S-. The summed E-state index contributed by atoms with van der Waals surface area (Å²) in [7, 11) is 0. The van der Waals surface area contributed by atoms with Crippen molar-refractivity contribution >= 4 is 44.1 Å². The third kappa shape index (κ3) is 2.80. The summed E-state index contributed by atoms with van der Waals surface area (Å²) in [4.78, 5) is 24.9. The number of carbonyl (C=O) groups is 2. The van der Waals surface area contributed by atoms with Gasteiger partial charge in [-0.1, -0.05) is 12.1 Å². The molecule has 6 heteroatoms. The summed E-state index contributed by atoms with van der Waals surface area (Å²) >= 11 is 4.68. The normalized spacial score (nSPS) is 13.5. The second-order valence-electron chi connectivity index (χ2n) is 5.14. The number of nitrogens with one attached hydrogen (secondary N) is 1. The summed E-state index contributed by atoms with van der Waals surface area (Å²) in [6.07, 6.45) is 3.63. The van der Waals surface area contributed by atoms with Crippen LogP contribution in [0.2, 0.25) is 0 Å². The van der Waals surface area contributed by atoms with Crippen LogP contribution in [-0.2, 0) is 12.8 Å². The molecule has 1 aliphatic carbocycles. The number of anilines is 1. The Balaban J connectivity index is 1.95. The highest BCUT2D eigenvalue weighted by Crippen LogP contribution is 2.38. The Morgan fingerprint density at radius 3 is 2.64 bits per heavy atom. The number of aromatic carboxylic acids is 1. The highest BCUT2D eigenvalue weighted by atomic mass is 79.9. The second-order valence-corrected chi connectivity index (χ2v) is 7.10. The number of carboxylic acid groups (broad SMARTS) is 1. The van der Waals surface area contributed by atoms with E-state index in [1.807, 2.05) is 6.07 Å². The van der Waals surface area contributed by atoms with Crippen LogP contribution in [0.5, 0.6) is 0 Å². The molecule has 0 bridgehead atoms. The summed E-state index contributed by atoms with van der Waals surface area (Å²) < 4.78 is 0.670. The minimum Gasteiger partial charge on any atom is -0.545 e. The van der Waals surface area contributed by atoms with Crippen molar-refractivity contribution in [3.8, 4) is 0 Å². The van der Waals surface area contributed by atoms with Gasteiger partial charge in [0.25, 0.3) is 5.91 Å². The van der Waals surface area contributed by atoms with E-state index in [-0.39, 0.29) is 11.5 Å². The van der Waals surface area contributed by atoms with Gasteiger partial charge in [-0.2, -0.15) is 0 Å². The molecule has 0 atom stereocenters. The van der Waals surface area contributed by atoms with E-state index in [1.165, 1.54) is 11.3 Å². The fourth-order valence-electron chi connectivity index (χ4n) is 2.69. The van der Waals surface area contributed by atoms with E-state index in [1.54, 1.807) is 18.2 Å². The van der Waals surface area contributed by atoms with Gasteiger partial charge in [0.15, 0.2) is 0 Å². The van der Waals surface area contributed by atoms with E-state index in [4.69, 9.17) is 0 Å². The molecule has 1 aliphatic rings. The van der Waals surface area contributed by atoms with E-state index in [0.717, 1.165) is 36.1 Å². The van der Waals surface area contributed by atoms with Gasteiger partial charge in [-0.3, -0.25) is 4.79 Å². The smallest absolute Gasteiger partial charge is 0.257 e. The third-order valence-electron chi connectivity index (χ3n) is 3.72. The maximum atomic E-state index is 12.4. The minimum absolute atomic E-state index is 0.153. The maximum absolute atomic E-state index is 12.4. The molecule has 22 heavy (non-hydrogen) atoms. The second kappa shape index (κ2) is 6.22. The number of thiophene rings is 1. The van der Waals surface area contributed by atoms with Gasteiger partial charge in [0.05, 0.1) is 11.5 Å². The predicted molar refractivity (Wildman–Crippen MR) is 87.4 cm³/mol. The number of amides is 1. The van der Waals surface area contributed by atoms with Gasteiger partial charge < -0.3 is 15.2 Å². The lowest BCUT2D eigenvalue weighted by Gasteiger charge is -2.13. The summed E-state index contributed by atoms with van der Waals surface area (Å²) in [6.45, 7) is 0. The summed E-state index contributed by atoms with van der Waals surface area (Å²) in [5, 5.41) is 14.6. The number of halogens is 1. The van der Waals surface area contributed by atoms with Crippen molar-refractivity contribution in [3.05, 3.63) is 50.3 Å². The molecule has 0 radical (unpaired) electrons. The molecule has 3 rings (SSSR count). The lowest BCUT2D eigenvalue weighted by atomic mass is 9.95. The maximum Gasteiger partial charge on any atom is 0.257 e. The summed E-state index contributed by atoms with van der Waals surface area (Å²) in [5.74, 6) is -1.55. The molecule has 1 aromatic heterocycles. The molecule has 0 aliphatic heterocycles. The number of rotatable bonds is 3. The van der Waals surface area contributed by atoms with E-state index in [2.05, 4.69) is 21.2 Å². The molecule has 2 aromatic rings. The van der Waals surface area contributed by atoms with Gasteiger partial charge in [0.2, 0.25) is 0 Å². The summed E-state index contributed by atoms with van der Waals surface area (Å²) in [5.41, 5.74) is 1.46. The van der Waals surface area contributed by atoms with Crippen LogP contribution >= 0.6 is 27.3 Å². The largest absolute Gasteiger partial charge is 0.545 e. The Bertz CT molecular complexity index is 754. The van der Waals surface area contributed by atoms with Crippen LogP contribution in [0.15, 0.2) is 28.7 Å². The first kappa shape index (κ1) is 15.2. The molecule has 1 heterocycles. The van der Waals surface area contributed by atoms with Gasteiger partial charge in [0.1, 0.15) is 5.00 Å². The van der Waals surface area contributed by atoms with Crippen LogP contribution in [-0.4, -0.2) is 11.9 Å². The standard InChI is InChI=1S/C16H14BrNO3S/c17-11-7-3-1-5-9(11)14(19)18-15-13(16(20)21)10-6-2-4-8-12(10)22-15/h1,3,5,7H,2,4,6,8H2,(H,18,19)(H,20,21)/p-1. The molecule has 4 nitrogen and oxygen atoms in total. The van der Waals surface area contributed by atoms with Crippen LogP contribution < -0.4 is 10.4 Å². The zero-order valence-corrected chi connectivity index (χ0v) is 14.1. The lowest BCUT2D eigenvalue weighted by molar-refractivity contribution is -0.254. The number of fused-ring (bicyclic) bond motifs is 1. The molecule has 0 unspecified atom stereocenters. The number of carboxylic acids is 1. The van der Waals surface area contributed by atoms with E-state index < -0.39 is 5.97 Å². The van der Waals surface area contributed by atoms with Crippen LogP contribution in [0, 0.1) is 0 Å². The van der Waals surface area contributed by atoms with Crippen LogP contribution in [0.25, 0.3) is 0 Å². The first-order chi connectivity index (χ1) is 10.6. The van der Waals surface area contributed by atoms with Crippen molar-refractivity contribution in [1.82, 2.24) is 0 Å². The van der Waals surface area contributed by atoms with Crippen molar-refractivity contribution in [2.75, 3.05) is 5.32 Å². The van der Waals surface area contributed by atoms with Crippen molar-refractivity contribution in [3.63, 3.8) is 0 Å². The molecule has 0 fully saturated rings. The zero-order valence-electron chi connectivity index (χ0n) is 11.6. The predicted octanol–water partition coefficient (Wildman–Crippen LogP) is 3.01. The highest BCUT2D eigenvalue weighted by Gasteiger charge is 2.23. The third-order valence-corrected chi connectivity index (χ3v) is 5.62. The molecular weight excluding hydrogens is 366 g/mol. The first-order valence-corrected chi connectivity index (χ1v) is 8.60. The average Bonchev–Trinajstić information content (AvgIpc) is 2.85. The van der Waals surface area contributed by atoms with Gasteiger partial charge in [-0.15, -0.1) is 11.3 Å². The number of hydrogen-bond donors (Lipinski definition) is 1. The van der Waals surface area contributed by atoms with Crippen molar-refractivity contribution in [2.45, 2.75) is 25.7 Å². The fourth-order valence-corrected chi connectivity index (χ4v) is 4.42. The molecule has 1 N–H and O–H groups in total. The number of carbonyl (C=O) groups excluding carboxylic acids is 2. The number of hydrogen-bond acceptors (Lipinski definition) is 4. The van der Waals surface area contributed by atoms with Crippen molar-refractivity contribution in [2.24, 2.45) is 0 Å². The van der Waals surface area contributed by atoms with Gasteiger partial charge in [-0.05, 0) is 59.3 Å². The van der Waals surface area contributed by atoms with Crippen LogP contribution in [0.3, 0.4) is 0 Å². The summed E-state index contributed by atoms with van der Waals surface area (Å²) in [6, 6.07) is 7.04. The molecule has 1 amide bonds. The molecule has 0 saturated heterocycles. The molecule has 0 saturated carbocycles. The van der Waals surface area contributed by atoms with Crippen molar-refractivity contribution < 1.29 is 14.7 Å². The van der Waals surface area contributed by atoms with Gasteiger partial charge >= 0.3 is 0 Å². The van der Waals surface area contributed by atoms with Gasteiger partial charge in [0, 0.05) is 14.9 Å². The number of aryl methyl sites for hydroxylation is 1. The lowest BCUT2D eigenvalue weighted by Crippen LogP contribution is -2.25. The van der Waals surface area contributed by atoms with Crippen LogP contribution in [0.4, 0.5) is 5.00 Å². The average molecular weight is 379 g/mol. The Hall–Kier alpha value is -1.66. The Morgan fingerprint density at radius 1 is 1.18 bits per heavy atom. The Morgan fingerprint density at radius 2 is 1.91 bits per heavy atom. The van der Waals surface area contributed by atoms with Crippen molar-refractivity contribution in [1.29, 1.82) is 0 Å². The molecule has 1 aromatic carbocycles. The van der Waals surface area contributed by atoms with E-state index in [0.29, 0.717) is 15.0 Å². The highest BCUT2D eigenvalue weighted by molar-refractivity contribution is 9.10. The molecule has 114 valence electrons. The Labute approximate surface area is 140 Å². The van der Waals surface area contributed by atoms with E-state index in [9.17, 15) is 14.7 Å². The quantitative estimate of drug-likeness (QED) is 0.892. The zero-order chi connectivity index (χ0) is 15.7. The monoisotopic (exact) mass is 378 g/mol. The minimum atomic E-state index is -1.22. The van der Waals surface area contributed by atoms with Crippen LogP contribution in [0.1, 0.15) is 44.0 Å². The fraction of sp³-hybridized carbons (Fsp3) is 0.250. The molecule has 0 spiro atoms. The number of benzene rings is 1. The SMILES string of the molecule is O=C(Nc1sc2c(c1C(=O)[O-])CCCC2)c1ccccc1Br. The first-order valence-electron chi connectivity index (χ1n) is 6.99. The Kier molecular flexibility index (Phi) is 4.31. The topological polar surface area (TPSA) is 69.2 Å². The van der Waals surface area contributed by atoms with Gasteiger partial charge in [-0.25, -0.2) is 0 Å². The van der Waals surface area contributed by atoms with E-state index >= 15 is 0 Å².